The Morgan fingerprint density at radius 3 is 2.43 bits per heavy atom. The average molecular weight is 295 g/mol. The summed E-state index contributed by atoms with van der Waals surface area (Å²) in [6.45, 7) is 7.42. The number of nitrogens with two attached hydrogens (primary N) is 1. The summed E-state index contributed by atoms with van der Waals surface area (Å²) in [7, 11) is 1.85. The van der Waals surface area contributed by atoms with Crippen LogP contribution in [0.3, 0.4) is 0 Å². The first kappa shape index (κ1) is 17.6. The first-order chi connectivity index (χ1) is 9.90. The summed E-state index contributed by atoms with van der Waals surface area (Å²) in [5.41, 5.74) is 6.84. The minimum atomic E-state index is -0.290. The van der Waals surface area contributed by atoms with Crippen LogP contribution in [0.25, 0.3) is 0 Å². The predicted molar refractivity (Wildman–Crippen MR) is 83.3 cm³/mol. The van der Waals surface area contributed by atoms with Gasteiger partial charge in [0.2, 0.25) is 5.91 Å². The van der Waals surface area contributed by atoms with Crippen molar-refractivity contribution < 1.29 is 9.18 Å². The summed E-state index contributed by atoms with van der Waals surface area (Å²) in [5.74, 6) is -0.230. The Morgan fingerprint density at radius 2 is 1.95 bits per heavy atom. The third-order valence-corrected chi connectivity index (χ3v) is 3.66. The molecule has 0 fully saturated rings. The van der Waals surface area contributed by atoms with Crippen LogP contribution in [0.1, 0.15) is 32.4 Å². The largest absolute Gasteiger partial charge is 0.342 e. The van der Waals surface area contributed by atoms with Gasteiger partial charge in [-0.15, -0.1) is 0 Å². The molecule has 0 saturated heterocycles. The fourth-order valence-electron chi connectivity index (χ4n) is 2.64. The third kappa shape index (κ3) is 4.79. The van der Waals surface area contributed by atoms with Gasteiger partial charge in [-0.3, -0.25) is 9.69 Å². The number of carbonyl (C=O) groups excluding carboxylic acids is 1. The summed E-state index contributed by atoms with van der Waals surface area (Å²) in [4.78, 5) is 15.9. The van der Waals surface area contributed by atoms with Gasteiger partial charge in [0.25, 0.3) is 0 Å². The first-order valence-corrected chi connectivity index (χ1v) is 7.39. The normalized spacial score (nSPS) is 14.0. The predicted octanol–water partition coefficient (Wildman–Crippen LogP) is 2.01. The molecule has 2 unspecified atom stereocenters. The van der Waals surface area contributed by atoms with Crippen molar-refractivity contribution in [2.75, 3.05) is 26.7 Å². The molecule has 4 nitrogen and oxygen atoms in total. The lowest BCUT2D eigenvalue weighted by Gasteiger charge is -2.32. The van der Waals surface area contributed by atoms with Crippen LogP contribution in [0.5, 0.6) is 0 Å². The molecule has 0 heterocycles. The number of benzene rings is 1. The van der Waals surface area contributed by atoms with Gasteiger partial charge in [0.05, 0.1) is 6.54 Å². The Morgan fingerprint density at radius 1 is 1.33 bits per heavy atom. The minimum absolute atomic E-state index is 0.0598. The molecule has 5 heteroatoms. The molecule has 2 atom stereocenters. The first-order valence-electron chi connectivity index (χ1n) is 7.39. The molecule has 2 N–H and O–H groups in total. The van der Waals surface area contributed by atoms with Crippen molar-refractivity contribution in [3.8, 4) is 0 Å². The molecule has 0 aliphatic heterocycles. The highest BCUT2D eigenvalue weighted by atomic mass is 19.1. The highest BCUT2D eigenvalue weighted by Gasteiger charge is 2.24. The maximum Gasteiger partial charge on any atom is 0.236 e. The van der Waals surface area contributed by atoms with E-state index >= 15 is 0 Å². The molecule has 0 bridgehead atoms. The number of halogens is 1. The van der Waals surface area contributed by atoms with Crippen LogP contribution in [0.15, 0.2) is 24.3 Å². The molecule has 0 aromatic heterocycles. The maximum absolute atomic E-state index is 13.4. The van der Waals surface area contributed by atoms with Crippen LogP contribution >= 0.6 is 0 Å². The van der Waals surface area contributed by atoms with Crippen molar-refractivity contribution >= 4 is 5.91 Å². The summed E-state index contributed by atoms with van der Waals surface area (Å²) < 4.78 is 13.4. The molecule has 1 aromatic rings. The molecule has 21 heavy (non-hydrogen) atoms. The minimum Gasteiger partial charge on any atom is -0.342 e. The number of likely N-dealkylation sites (N-methyl/N-ethyl adjacent to an activating group) is 2. The summed E-state index contributed by atoms with van der Waals surface area (Å²) >= 11 is 0. The Bertz CT molecular complexity index is 461. The van der Waals surface area contributed by atoms with Crippen molar-refractivity contribution in [2.45, 2.75) is 32.9 Å². The van der Waals surface area contributed by atoms with Crippen LogP contribution in [0.2, 0.25) is 0 Å². The Balaban J connectivity index is 2.88. The second-order valence-corrected chi connectivity index (χ2v) is 5.34. The van der Waals surface area contributed by atoms with E-state index in [9.17, 15) is 9.18 Å². The zero-order valence-corrected chi connectivity index (χ0v) is 13.3. The summed E-state index contributed by atoms with van der Waals surface area (Å²) in [6, 6.07) is 5.99. The van der Waals surface area contributed by atoms with Crippen molar-refractivity contribution in [3.05, 3.63) is 35.6 Å². The van der Waals surface area contributed by atoms with E-state index in [1.807, 2.05) is 38.8 Å². The average Bonchev–Trinajstić information content (AvgIpc) is 2.39. The van der Waals surface area contributed by atoms with Crippen molar-refractivity contribution in [3.63, 3.8) is 0 Å². The monoisotopic (exact) mass is 295 g/mol. The lowest BCUT2D eigenvalue weighted by atomic mass is 9.99. The second-order valence-electron chi connectivity index (χ2n) is 5.34. The van der Waals surface area contributed by atoms with E-state index in [0.29, 0.717) is 13.1 Å². The standard InChI is InChI=1S/C16H26FN3O/c1-5-20(6-2)15(21)11-19(4)16(12(3)18)13-8-7-9-14(17)10-13/h7-10,12,16H,5-6,11,18H2,1-4H3. The van der Waals surface area contributed by atoms with Crippen LogP contribution in [0.4, 0.5) is 4.39 Å². The number of carbonyl (C=O) groups is 1. The molecule has 0 radical (unpaired) electrons. The highest BCUT2D eigenvalue weighted by molar-refractivity contribution is 5.78. The van der Waals surface area contributed by atoms with E-state index in [1.165, 1.54) is 12.1 Å². The summed E-state index contributed by atoms with van der Waals surface area (Å²) in [6.07, 6.45) is 0. The van der Waals surface area contributed by atoms with Gasteiger partial charge in [0, 0.05) is 25.2 Å². The lowest BCUT2D eigenvalue weighted by molar-refractivity contribution is -0.132. The Labute approximate surface area is 126 Å². The van der Waals surface area contributed by atoms with E-state index in [-0.39, 0.29) is 30.4 Å². The number of hydrogen-bond acceptors (Lipinski definition) is 3. The molecule has 1 aromatic carbocycles. The van der Waals surface area contributed by atoms with Crippen LogP contribution in [-0.2, 0) is 4.79 Å². The summed E-state index contributed by atoms with van der Waals surface area (Å²) in [5, 5.41) is 0. The van der Waals surface area contributed by atoms with Crippen molar-refractivity contribution in [1.29, 1.82) is 0 Å². The topological polar surface area (TPSA) is 49.6 Å². The van der Waals surface area contributed by atoms with E-state index < -0.39 is 0 Å². The van der Waals surface area contributed by atoms with E-state index in [4.69, 9.17) is 5.73 Å². The molecule has 1 rings (SSSR count). The molecular weight excluding hydrogens is 269 g/mol. The number of nitrogens with zero attached hydrogens (tertiary/aromatic N) is 2. The van der Waals surface area contributed by atoms with Crippen LogP contribution in [0, 0.1) is 5.82 Å². The van der Waals surface area contributed by atoms with Crippen LogP contribution < -0.4 is 5.73 Å². The molecular formula is C16H26FN3O. The zero-order valence-electron chi connectivity index (χ0n) is 13.3. The van der Waals surface area contributed by atoms with E-state index in [2.05, 4.69) is 0 Å². The maximum atomic E-state index is 13.4. The number of rotatable bonds is 7. The van der Waals surface area contributed by atoms with Gasteiger partial charge in [-0.05, 0) is 45.5 Å². The zero-order chi connectivity index (χ0) is 16.0. The number of amides is 1. The Kier molecular flexibility index (Phi) is 6.78. The molecule has 118 valence electrons. The molecule has 0 saturated carbocycles. The highest BCUT2D eigenvalue weighted by Crippen LogP contribution is 2.23. The van der Waals surface area contributed by atoms with Gasteiger partial charge in [-0.2, -0.15) is 0 Å². The van der Waals surface area contributed by atoms with Gasteiger partial charge in [0.15, 0.2) is 0 Å². The van der Waals surface area contributed by atoms with Crippen molar-refractivity contribution in [1.82, 2.24) is 9.80 Å². The van der Waals surface area contributed by atoms with Gasteiger partial charge >= 0.3 is 0 Å². The Hall–Kier alpha value is -1.46. The molecule has 1 amide bonds. The quantitative estimate of drug-likeness (QED) is 0.837. The van der Waals surface area contributed by atoms with Gasteiger partial charge in [-0.25, -0.2) is 4.39 Å². The van der Waals surface area contributed by atoms with Crippen LogP contribution in [-0.4, -0.2) is 48.4 Å². The second kappa shape index (κ2) is 8.10. The van der Waals surface area contributed by atoms with Gasteiger partial charge < -0.3 is 10.6 Å². The molecule has 0 aliphatic rings. The van der Waals surface area contributed by atoms with Crippen molar-refractivity contribution in [2.24, 2.45) is 5.73 Å². The van der Waals surface area contributed by atoms with E-state index in [1.54, 1.807) is 11.0 Å². The molecule has 0 spiro atoms. The number of hydrogen-bond donors (Lipinski definition) is 1. The fraction of sp³-hybridized carbons (Fsp3) is 0.562. The van der Waals surface area contributed by atoms with E-state index in [0.717, 1.165) is 5.56 Å². The van der Waals surface area contributed by atoms with Gasteiger partial charge in [0.1, 0.15) is 5.82 Å². The fourth-order valence-corrected chi connectivity index (χ4v) is 2.64. The lowest BCUT2D eigenvalue weighted by Crippen LogP contribution is -2.44. The smallest absolute Gasteiger partial charge is 0.236 e. The SMILES string of the molecule is CCN(CC)C(=O)CN(C)C(c1cccc(F)c1)C(C)N. The third-order valence-electron chi connectivity index (χ3n) is 3.66. The molecule has 0 aliphatic carbocycles. The van der Waals surface area contributed by atoms with Gasteiger partial charge in [-0.1, -0.05) is 12.1 Å².